The Kier molecular flexibility index (Phi) is 5.30. The van der Waals surface area contributed by atoms with Crippen LogP contribution in [0, 0.1) is 17.0 Å². The maximum atomic E-state index is 11.9. The van der Waals surface area contributed by atoms with Gasteiger partial charge in [-0.2, -0.15) is 0 Å². The highest BCUT2D eigenvalue weighted by Crippen LogP contribution is 2.26. The molecule has 0 unspecified atom stereocenters. The van der Waals surface area contributed by atoms with Crippen molar-refractivity contribution in [1.82, 2.24) is 9.97 Å². The van der Waals surface area contributed by atoms with Gasteiger partial charge in [0.15, 0.2) is 12.4 Å². The zero-order valence-corrected chi connectivity index (χ0v) is 13.3. The van der Waals surface area contributed by atoms with Crippen LogP contribution in [0.1, 0.15) is 5.69 Å². The highest BCUT2D eigenvalue weighted by Gasteiger charge is 2.17. The second kappa shape index (κ2) is 7.21. The molecule has 1 N–H and O–H groups in total. The Morgan fingerprint density at radius 3 is 2.87 bits per heavy atom. The zero-order chi connectivity index (χ0) is 17.0. The molecule has 0 fully saturated rings. The summed E-state index contributed by atoms with van der Waals surface area (Å²) in [5.74, 6) is -1.04. The second-order valence-electron chi connectivity index (χ2n) is 4.31. The normalized spacial score (nSPS) is 10.2. The molecule has 2 aromatic rings. The van der Waals surface area contributed by atoms with Crippen LogP contribution in [0.25, 0.3) is 0 Å². The number of ether oxygens (including phenoxy) is 1. The third-order valence-electron chi connectivity index (χ3n) is 2.65. The molecule has 0 aliphatic carbocycles. The van der Waals surface area contributed by atoms with E-state index in [2.05, 4.69) is 15.3 Å². The Bertz CT molecular complexity index is 770. The van der Waals surface area contributed by atoms with Crippen molar-refractivity contribution in [3.63, 3.8) is 0 Å². The van der Waals surface area contributed by atoms with Gasteiger partial charge in [0.25, 0.3) is 5.91 Å². The fourth-order valence-electron chi connectivity index (χ4n) is 1.59. The summed E-state index contributed by atoms with van der Waals surface area (Å²) in [5, 5.41) is 13.8. The molecule has 0 radical (unpaired) electrons. The van der Waals surface area contributed by atoms with Crippen molar-refractivity contribution in [2.75, 3.05) is 11.9 Å². The van der Waals surface area contributed by atoms with Crippen molar-refractivity contribution in [1.29, 1.82) is 0 Å². The van der Waals surface area contributed by atoms with Gasteiger partial charge in [-0.05, 0) is 35.0 Å². The topological polar surface area (TPSA) is 107 Å². The third kappa shape index (κ3) is 4.27. The molecule has 0 aliphatic rings. The molecular weight excluding hydrogens is 347 g/mol. The lowest BCUT2D eigenvalue weighted by atomic mass is 10.3. The van der Waals surface area contributed by atoms with Gasteiger partial charge in [-0.1, -0.05) is 23.2 Å². The summed E-state index contributed by atoms with van der Waals surface area (Å²) < 4.78 is 5.11. The van der Waals surface area contributed by atoms with E-state index in [1.807, 2.05) is 0 Å². The van der Waals surface area contributed by atoms with Gasteiger partial charge in [-0.3, -0.25) is 4.79 Å². The van der Waals surface area contributed by atoms with Crippen LogP contribution in [0.5, 0.6) is 5.75 Å². The predicted molar refractivity (Wildman–Crippen MR) is 84.0 cm³/mol. The minimum atomic E-state index is -0.700. The van der Waals surface area contributed by atoms with E-state index in [1.54, 1.807) is 6.92 Å². The summed E-state index contributed by atoms with van der Waals surface area (Å²) in [6, 6.07) is 4.26. The number of pyridine rings is 2. The van der Waals surface area contributed by atoms with Crippen LogP contribution < -0.4 is 10.1 Å². The molecule has 120 valence electrons. The maximum Gasteiger partial charge on any atom is 0.406 e. The minimum Gasteiger partial charge on any atom is -0.476 e. The van der Waals surface area contributed by atoms with Crippen LogP contribution in [-0.4, -0.2) is 27.4 Å². The largest absolute Gasteiger partial charge is 0.476 e. The second-order valence-corrected chi connectivity index (χ2v) is 5.12. The van der Waals surface area contributed by atoms with Crippen LogP contribution in [0.2, 0.25) is 10.0 Å². The summed E-state index contributed by atoms with van der Waals surface area (Å²) in [4.78, 5) is 29.6. The quantitative estimate of drug-likeness (QED) is 0.651. The monoisotopic (exact) mass is 356 g/mol. The highest BCUT2D eigenvalue weighted by atomic mass is 35.5. The Morgan fingerprint density at radius 1 is 1.43 bits per heavy atom. The Morgan fingerprint density at radius 2 is 2.17 bits per heavy atom. The van der Waals surface area contributed by atoms with Crippen LogP contribution in [0.4, 0.5) is 11.6 Å². The van der Waals surface area contributed by atoms with Gasteiger partial charge < -0.3 is 20.2 Å². The number of nitrogens with zero attached hydrogens (tertiary/aromatic N) is 3. The standard InChI is InChI=1S/C13H10Cl2N4O4/c1-7-8(14)5-9(15)12(17-7)18-11(20)6-23-10-3-2-4-16-13(10)19(21)22/h2-5H,6H2,1H3,(H,17,18,20). The van der Waals surface area contributed by atoms with Crippen LogP contribution in [0.3, 0.4) is 0 Å². The minimum absolute atomic E-state index is 0.112. The molecule has 1 amide bonds. The maximum absolute atomic E-state index is 11.9. The number of hydrogen-bond acceptors (Lipinski definition) is 6. The SMILES string of the molecule is Cc1nc(NC(=O)COc2cccnc2[N+](=O)[O-])c(Cl)cc1Cl. The molecule has 8 nitrogen and oxygen atoms in total. The molecule has 2 heterocycles. The van der Waals surface area contributed by atoms with Crippen molar-refractivity contribution in [3.05, 3.63) is 50.2 Å². The molecule has 0 saturated heterocycles. The Hall–Kier alpha value is -2.45. The van der Waals surface area contributed by atoms with Crippen molar-refractivity contribution in [3.8, 4) is 5.75 Å². The highest BCUT2D eigenvalue weighted by molar-refractivity contribution is 6.36. The number of anilines is 1. The molecule has 0 bridgehead atoms. The number of carbonyl (C=O) groups excluding carboxylic acids is 1. The van der Waals surface area contributed by atoms with Gasteiger partial charge in [0.05, 0.1) is 15.7 Å². The van der Waals surface area contributed by atoms with Crippen molar-refractivity contribution < 1.29 is 14.5 Å². The van der Waals surface area contributed by atoms with E-state index >= 15 is 0 Å². The van der Waals surface area contributed by atoms with Crippen LogP contribution in [-0.2, 0) is 4.79 Å². The van der Waals surface area contributed by atoms with Crippen LogP contribution in [0.15, 0.2) is 24.4 Å². The van der Waals surface area contributed by atoms with E-state index in [1.165, 1.54) is 24.4 Å². The summed E-state index contributed by atoms with van der Waals surface area (Å²) in [6.07, 6.45) is 1.26. The lowest BCUT2D eigenvalue weighted by Crippen LogP contribution is -2.21. The lowest BCUT2D eigenvalue weighted by Gasteiger charge is -2.09. The first-order valence-corrected chi connectivity index (χ1v) is 6.98. The molecule has 0 saturated carbocycles. The number of rotatable bonds is 5. The van der Waals surface area contributed by atoms with E-state index < -0.39 is 23.3 Å². The number of nitro groups is 1. The number of amides is 1. The average Bonchev–Trinajstić information content (AvgIpc) is 2.50. The van der Waals surface area contributed by atoms with Crippen molar-refractivity contribution in [2.45, 2.75) is 6.92 Å². The van der Waals surface area contributed by atoms with E-state index in [0.29, 0.717) is 10.7 Å². The zero-order valence-electron chi connectivity index (χ0n) is 11.7. The number of aromatic nitrogens is 2. The third-order valence-corrected chi connectivity index (χ3v) is 3.32. The Labute approximate surface area is 140 Å². The summed E-state index contributed by atoms with van der Waals surface area (Å²) >= 11 is 11.8. The van der Waals surface area contributed by atoms with Gasteiger partial charge >= 0.3 is 5.82 Å². The van der Waals surface area contributed by atoms with Gasteiger partial charge in [-0.15, -0.1) is 0 Å². The summed E-state index contributed by atoms with van der Waals surface area (Å²) in [6.45, 7) is 1.19. The van der Waals surface area contributed by atoms with Crippen LogP contribution >= 0.6 is 23.2 Å². The summed E-state index contributed by atoms with van der Waals surface area (Å²) in [7, 11) is 0. The first-order chi connectivity index (χ1) is 10.9. The molecule has 23 heavy (non-hydrogen) atoms. The van der Waals surface area contributed by atoms with Gasteiger partial charge in [0.1, 0.15) is 6.20 Å². The van der Waals surface area contributed by atoms with E-state index in [-0.39, 0.29) is 16.6 Å². The molecule has 0 aliphatic heterocycles. The van der Waals surface area contributed by atoms with E-state index in [9.17, 15) is 14.9 Å². The van der Waals surface area contributed by atoms with Gasteiger partial charge in [0, 0.05) is 0 Å². The number of nitrogens with one attached hydrogen (secondary N) is 1. The van der Waals surface area contributed by atoms with Gasteiger partial charge in [0.2, 0.25) is 5.75 Å². The lowest BCUT2D eigenvalue weighted by molar-refractivity contribution is -0.390. The number of carbonyl (C=O) groups is 1. The number of hydrogen-bond donors (Lipinski definition) is 1. The fourth-order valence-corrected chi connectivity index (χ4v) is 2.00. The first kappa shape index (κ1) is 16.9. The number of aryl methyl sites for hydroxylation is 1. The molecule has 0 spiro atoms. The molecule has 10 heteroatoms. The fraction of sp³-hybridized carbons (Fsp3) is 0.154. The number of halogens is 2. The molecular formula is C13H10Cl2N4O4. The van der Waals surface area contributed by atoms with Crippen molar-refractivity contribution in [2.24, 2.45) is 0 Å². The molecule has 0 aromatic carbocycles. The molecule has 0 atom stereocenters. The van der Waals surface area contributed by atoms with Gasteiger partial charge in [-0.25, -0.2) is 4.98 Å². The Balaban J connectivity index is 2.04. The summed E-state index contributed by atoms with van der Waals surface area (Å²) in [5.41, 5.74) is 0.496. The van der Waals surface area contributed by atoms with E-state index in [4.69, 9.17) is 27.9 Å². The first-order valence-electron chi connectivity index (χ1n) is 6.23. The van der Waals surface area contributed by atoms with Crippen molar-refractivity contribution >= 4 is 40.7 Å². The molecule has 2 rings (SSSR count). The smallest absolute Gasteiger partial charge is 0.406 e. The molecule has 2 aromatic heterocycles. The average molecular weight is 357 g/mol. The predicted octanol–water partition coefficient (Wildman–Crippen LogP) is 3.02. The van der Waals surface area contributed by atoms with E-state index in [0.717, 1.165) is 0 Å².